The number of hydrogen-bond acceptors (Lipinski definition) is 4. The molecular weight excluding hydrogens is 412 g/mol. The Hall–Kier alpha value is -3.93. The molecule has 6 heteroatoms. The molecule has 33 heavy (non-hydrogen) atoms. The topological polar surface area (TPSA) is 97.1 Å². The zero-order chi connectivity index (χ0) is 23.2. The molecule has 2 amide bonds. The van der Waals surface area contributed by atoms with E-state index in [1.165, 1.54) is 5.56 Å². The Bertz CT molecular complexity index is 1180. The second-order valence-electron chi connectivity index (χ2n) is 8.34. The summed E-state index contributed by atoms with van der Waals surface area (Å²) in [5, 5.41) is 5.86. The van der Waals surface area contributed by atoms with Gasteiger partial charge in [0.15, 0.2) is 0 Å². The molecule has 6 nitrogen and oxygen atoms in total. The fourth-order valence-electron chi connectivity index (χ4n) is 4.04. The predicted octanol–water partition coefficient (Wildman–Crippen LogP) is 5.12. The Morgan fingerprint density at radius 2 is 1.55 bits per heavy atom. The number of nitrogen functional groups attached to an aromatic ring is 1. The van der Waals surface area contributed by atoms with Crippen LogP contribution in [0.1, 0.15) is 42.5 Å². The highest BCUT2D eigenvalue weighted by molar-refractivity contribution is 6.09. The molecule has 2 aromatic carbocycles. The third-order valence-corrected chi connectivity index (χ3v) is 5.74. The van der Waals surface area contributed by atoms with Crippen molar-refractivity contribution in [2.45, 2.75) is 39.0 Å². The zero-order valence-electron chi connectivity index (χ0n) is 18.7. The number of nitrogens with two attached hydrogens (primary N) is 1. The van der Waals surface area contributed by atoms with Crippen molar-refractivity contribution in [1.82, 2.24) is 4.98 Å². The van der Waals surface area contributed by atoms with Gasteiger partial charge >= 0.3 is 0 Å². The van der Waals surface area contributed by atoms with Gasteiger partial charge in [-0.2, -0.15) is 0 Å². The summed E-state index contributed by atoms with van der Waals surface area (Å²) < 4.78 is 0. The number of amides is 2. The average molecular weight is 441 g/mol. The number of nitrogens with one attached hydrogen (secondary N) is 2. The Kier molecular flexibility index (Phi) is 6.83. The first-order valence-corrected chi connectivity index (χ1v) is 11.2. The van der Waals surface area contributed by atoms with Gasteiger partial charge in [-0.1, -0.05) is 35.9 Å². The molecule has 1 heterocycles. The third-order valence-electron chi connectivity index (χ3n) is 5.74. The van der Waals surface area contributed by atoms with E-state index in [9.17, 15) is 9.59 Å². The van der Waals surface area contributed by atoms with E-state index in [0.29, 0.717) is 22.9 Å². The molecule has 4 rings (SSSR count). The molecule has 1 aromatic heterocycles. The number of allylic oxidation sites excluding steroid dienone is 1. The van der Waals surface area contributed by atoms with E-state index in [1.807, 2.05) is 0 Å². The number of anilines is 3. The van der Waals surface area contributed by atoms with E-state index in [1.54, 1.807) is 42.5 Å². The van der Waals surface area contributed by atoms with Crippen molar-refractivity contribution in [3.63, 3.8) is 0 Å². The average Bonchev–Trinajstić information content (AvgIpc) is 2.81. The fourth-order valence-corrected chi connectivity index (χ4v) is 4.04. The van der Waals surface area contributed by atoms with Crippen molar-refractivity contribution in [2.24, 2.45) is 0 Å². The Balaban J connectivity index is 1.41. The first kappa shape index (κ1) is 22.3. The minimum Gasteiger partial charge on any atom is -0.384 e. The van der Waals surface area contributed by atoms with Crippen LogP contribution in [0.15, 0.2) is 72.3 Å². The van der Waals surface area contributed by atoms with Gasteiger partial charge in [0, 0.05) is 16.9 Å². The van der Waals surface area contributed by atoms with Crippen molar-refractivity contribution in [3.05, 3.63) is 89.1 Å². The van der Waals surface area contributed by atoms with Gasteiger partial charge in [0.1, 0.15) is 5.82 Å². The number of aromatic nitrogens is 1. The summed E-state index contributed by atoms with van der Waals surface area (Å²) in [4.78, 5) is 29.5. The van der Waals surface area contributed by atoms with Crippen molar-refractivity contribution >= 4 is 34.6 Å². The lowest BCUT2D eigenvalue weighted by molar-refractivity contribution is -0.115. The number of pyridine rings is 1. The van der Waals surface area contributed by atoms with Crippen LogP contribution < -0.4 is 16.4 Å². The van der Waals surface area contributed by atoms with Crippen molar-refractivity contribution in [3.8, 4) is 0 Å². The standard InChI is InChI=1S/C27H28N4O2/c1-18-9-11-19(12-10-18)23-6-2-3-7-24(23)27(33)31-21-15-13-20(14-16-21)30-26(32)17-22-5-4-8-25(28)29-22/h4-5,8-16H,2-3,6-7,17H2,1H3,(H2,28,29)(H,30,32)(H,31,33). The molecule has 0 saturated heterocycles. The quantitative estimate of drug-likeness (QED) is 0.496. The van der Waals surface area contributed by atoms with Gasteiger partial charge in [0.05, 0.1) is 12.1 Å². The smallest absolute Gasteiger partial charge is 0.251 e. The van der Waals surface area contributed by atoms with Crippen LogP contribution in [0.5, 0.6) is 0 Å². The van der Waals surface area contributed by atoms with Crippen LogP contribution in [-0.4, -0.2) is 16.8 Å². The number of benzene rings is 2. The summed E-state index contributed by atoms with van der Waals surface area (Å²) in [6, 6.07) is 20.7. The molecule has 0 atom stereocenters. The van der Waals surface area contributed by atoms with Crippen molar-refractivity contribution in [1.29, 1.82) is 0 Å². The van der Waals surface area contributed by atoms with Gasteiger partial charge < -0.3 is 16.4 Å². The molecule has 0 aliphatic heterocycles. The van der Waals surface area contributed by atoms with E-state index in [0.717, 1.165) is 42.4 Å². The molecule has 4 N–H and O–H groups in total. The monoisotopic (exact) mass is 440 g/mol. The minimum atomic E-state index is -0.181. The number of nitrogens with zero attached hydrogens (tertiary/aromatic N) is 1. The highest BCUT2D eigenvalue weighted by atomic mass is 16.2. The van der Waals surface area contributed by atoms with Gasteiger partial charge in [-0.05, 0) is 80.1 Å². The summed E-state index contributed by atoms with van der Waals surface area (Å²) in [7, 11) is 0. The SMILES string of the molecule is Cc1ccc(C2=C(C(=O)Nc3ccc(NC(=O)Cc4cccc(N)n4)cc3)CCCC2)cc1. The molecule has 0 radical (unpaired) electrons. The van der Waals surface area contributed by atoms with E-state index in [-0.39, 0.29) is 18.2 Å². The molecule has 1 aliphatic carbocycles. The molecule has 0 spiro atoms. The lowest BCUT2D eigenvalue weighted by Crippen LogP contribution is -2.18. The van der Waals surface area contributed by atoms with E-state index in [2.05, 4.69) is 46.8 Å². The Labute approximate surface area is 193 Å². The van der Waals surface area contributed by atoms with Crippen LogP contribution in [-0.2, 0) is 16.0 Å². The Morgan fingerprint density at radius 1 is 0.879 bits per heavy atom. The fraction of sp³-hybridized carbons (Fsp3) is 0.222. The number of carbonyl (C=O) groups excluding carboxylic acids is 2. The normalized spacial score (nSPS) is 13.5. The second kappa shape index (κ2) is 10.1. The minimum absolute atomic E-state index is 0.0604. The van der Waals surface area contributed by atoms with Gasteiger partial charge in [-0.3, -0.25) is 9.59 Å². The number of hydrogen-bond donors (Lipinski definition) is 3. The molecule has 0 bridgehead atoms. The maximum Gasteiger partial charge on any atom is 0.251 e. The van der Waals surface area contributed by atoms with E-state index in [4.69, 9.17) is 5.73 Å². The highest BCUT2D eigenvalue weighted by Gasteiger charge is 2.20. The van der Waals surface area contributed by atoms with Crippen LogP contribution in [0.3, 0.4) is 0 Å². The van der Waals surface area contributed by atoms with Gasteiger partial charge in [-0.25, -0.2) is 4.98 Å². The largest absolute Gasteiger partial charge is 0.384 e. The van der Waals surface area contributed by atoms with E-state index >= 15 is 0 Å². The Morgan fingerprint density at radius 3 is 2.24 bits per heavy atom. The summed E-state index contributed by atoms with van der Waals surface area (Å²) in [6.07, 6.45) is 3.95. The maximum absolute atomic E-state index is 13.1. The first-order valence-electron chi connectivity index (χ1n) is 11.2. The first-order chi connectivity index (χ1) is 16.0. The molecule has 0 unspecified atom stereocenters. The van der Waals surface area contributed by atoms with Crippen LogP contribution in [0.25, 0.3) is 5.57 Å². The van der Waals surface area contributed by atoms with Crippen molar-refractivity contribution < 1.29 is 9.59 Å². The van der Waals surface area contributed by atoms with Crippen molar-refractivity contribution in [2.75, 3.05) is 16.4 Å². The van der Waals surface area contributed by atoms with E-state index < -0.39 is 0 Å². The second-order valence-corrected chi connectivity index (χ2v) is 8.34. The van der Waals surface area contributed by atoms with Gasteiger partial charge in [-0.15, -0.1) is 0 Å². The lowest BCUT2D eigenvalue weighted by Gasteiger charge is -2.20. The van der Waals surface area contributed by atoms with Gasteiger partial charge in [0.2, 0.25) is 5.91 Å². The summed E-state index contributed by atoms with van der Waals surface area (Å²) in [6.45, 7) is 2.06. The molecule has 1 aliphatic rings. The molecular formula is C27H28N4O2. The van der Waals surface area contributed by atoms with Crippen LogP contribution in [0, 0.1) is 6.92 Å². The summed E-state index contributed by atoms with van der Waals surface area (Å²) >= 11 is 0. The maximum atomic E-state index is 13.1. The van der Waals surface area contributed by atoms with Crippen LogP contribution >= 0.6 is 0 Å². The zero-order valence-corrected chi connectivity index (χ0v) is 18.7. The lowest BCUT2D eigenvalue weighted by atomic mass is 9.86. The number of rotatable bonds is 6. The molecule has 0 saturated carbocycles. The molecule has 168 valence electrons. The van der Waals surface area contributed by atoms with Crippen LogP contribution in [0.4, 0.5) is 17.2 Å². The highest BCUT2D eigenvalue weighted by Crippen LogP contribution is 2.33. The predicted molar refractivity (Wildman–Crippen MR) is 133 cm³/mol. The molecule has 0 fully saturated rings. The van der Waals surface area contributed by atoms with Gasteiger partial charge in [0.25, 0.3) is 5.91 Å². The third kappa shape index (κ3) is 5.86. The number of carbonyl (C=O) groups is 2. The molecule has 3 aromatic rings. The summed E-state index contributed by atoms with van der Waals surface area (Å²) in [5.41, 5.74) is 11.9. The summed E-state index contributed by atoms with van der Waals surface area (Å²) in [5.74, 6) is 0.147. The number of aryl methyl sites for hydroxylation is 1. The van der Waals surface area contributed by atoms with Crippen LogP contribution in [0.2, 0.25) is 0 Å².